The van der Waals surface area contributed by atoms with Gasteiger partial charge in [0.2, 0.25) is 5.78 Å². The molecule has 278 valence electrons. The standard InChI is InChI=1S/C43H70O6/c1-5-7-8-9-10-11-12-13-14-15-16-17-18-19-20-22-39(46)48-32-38(45)43(49-40(47)21-6-2)30-27-37-35-24-23-33-31-34(44)25-28-41(33,3)36(35)26-29-42(37,43)4/h31,35-37H,5-30,32H2,1-4H3/t35-,36+,37+,41+,42+,43+/m1/s1. The third-order valence-electron chi connectivity index (χ3n) is 13.6. The van der Waals surface area contributed by atoms with Gasteiger partial charge in [-0.25, -0.2) is 0 Å². The first-order valence-electron chi connectivity index (χ1n) is 20.8. The molecule has 0 heterocycles. The van der Waals surface area contributed by atoms with Gasteiger partial charge in [0.25, 0.3) is 0 Å². The lowest BCUT2D eigenvalue weighted by atomic mass is 9.46. The number of carbonyl (C=O) groups excluding carboxylic acids is 4. The quantitative estimate of drug-likeness (QED) is 0.0834. The lowest BCUT2D eigenvalue weighted by Gasteiger charge is -2.59. The minimum Gasteiger partial charge on any atom is -0.457 e. The molecule has 0 bridgehead atoms. The Morgan fingerprint density at radius 3 is 1.88 bits per heavy atom. The monoisotopic (exact) mass is 683 g/mol. The van der Waals surface area contributed by atoms with E-state index in [1.165, 1.54) is 82.6 Å². The van der Waals surface area contributed by atoms with E-state index in [4.69, 9.17) is 9.47 Å². The molecule has 0 aromatic carbocycles. The number of hydrogen-bond acceptors (Lipinski definition) is 6. The zero-order chi connectivity index (χ0) is 35.3. The van der Waals surface area contributed by atoms with E-state index in [0.29, 0.717) is 37.5 Å². The number of Topliss-reactive ketones (excluding diaryl/α,β-unsaturated/α-hetero) is 1. The van der Waals surface area contributed by atoms with Crippen LogP contribution >= 0.6 is 0 Å². The third kappa shape index (κ3) is 9.67. The van der Waals surface area contributed by atoms with Crippen molar-refractivity contribution in [1.29, 1.82) is 0 Å². The van der Waals surface area contributed by atoms with Crippen LogP contribution in [0, 0.1) is 28.6 Å². The van der Waals surface area contributed by atoms with Crippen molar-refractivity contribution in [2.75, 3.05) is 6.61 Å². The van der Waals surface area contributed by atoms with Gasteiger partial charge in [0.1, 0.15) is 0 Å². The second-order valence-corrected chi connectivity index (χ2v) is 16.8. The van der Waals surface area contributed by atoms with Crippen LogP contribution in [-0.4, -0.2) is 35.7 Å². The van der Waals surface area contributed by atoms with Gasteiger partial charge in [-0.1, -0.05) is 123 Å². The molecule has 0 N–H and O–H groups in total. The minimum atomic E-state index is -1.25. The summed E-state index contributed by atoms with van der Waals surface area (Å²) in [6.45, 7) is 8.43. The minimum absolute atomic E-state index is 0.0365. The van der Waals surface area contributed by atoms with Gasteiger partial charge in [-0.2, -0.15) is 0 Å². The van der Waals surface area contributed by atoms with E-state index in [9.17, 15) is 19.2 Å². The molecule has 49 heavy (non-hydrogen) atoms. The number of hydrogen-bond donors (Lipinski definition) is 0. The first-order chi connectivity index (χ1) is 23.6. The molecule has 4 rings (SSSR count). The molecule has 4 aliphatic carbocycles. The van der Waals surface area contributed by atoms with Crippen molar-refractivity contribution in [2.45, 2.75) is 200 Å². The van der Waals surface area contributed by atoms with Crippen molar-refractivity contribution in [2.24, 2.45) is 28.6 Å². The number of allylic oxidation sites excluding steroid dienone is 1. The van der Waals surface area contributed by atoms with Crippen LogP contribution in [0.1, 0.15) is 195 Å². The maximum atomic E-state index is 14.2. The highest BCUT2D eigenvalue weighted by Crippen LogP contribution is 2.68. The van der Waals surface area contributed by atoms with Crippen LogP contribution in [0.3, 0.4) is 0 Å². The predicted octanol–water partition coefficient (Wildman–Crippen LogP) is 11.0. The van der Waals surface area contributed by atoms with Crippen LogP contribution in [-0.2, 0) is 28.7 Å². The molecule has 6 nitrogen and oxygen atoms in total. The summed E-state index contributed by atoms with van der Waals surface area (Å²) >= 11 is 0. The Hall–Kier alpha value is -1.98. The lowest BCUT2D eigenvalue weighted by molar-refractivity contribution is -0.192. The van der Waals surface area contributed by atoms with E-state index in [1.54, 1.807) is 0 Å². The summed E-state index contributed by atoms with van der Waals surface area (Å²) in [4.78, 5) is 52.3. The van der Waals surface area contributed by atoms with Crippen LogP contribution in [0.25, 0.3) is 0 Å². The molecule has 0 saturated heterocycles. The Kier molecular flexibility index (Phi) is 15.5. The molecular weight excluding hydrogens is 612 g/mol. The number of carbonyl (C=O) groups is 4. The number of rotatable bonds is 22. The fourth-order valence-electron chi connectivity index (χ4n) is 10.7. The molecule has 3 saturated carbocycles. The molecule has 3 fully saturated rings. The summed E-state index contributed by atoms with van der Waals surface area (Å²) < 4.78 is 11.9. The first-order valence-corrected chi connectivity index (χ1v) is 20.8. The van der Waals surface area contributed by atoms with Gasteiger partial charge in [-0.15, -0.1) is 0 Å². The number of fused-ring (bicyclic) bond motifs is 5. The maximum Gasteiger partial charge on any atom is 0.306 e. The number of esters is 2. The SMILES string of the molecule is CCCCCCCCCCCCCCCCCC(=O)OCC(=O)[C@@]1(OC(=O)CCC)CC[C@H]2[C@@H]3CCC4=CC(=O)CC[C@]4(C)[C@H]3CC[C@@]21C. The molecule has 0 radical (unpaired) electrons. The number of ether oxygens (including phenoxy) is 2. The smallest absolute Gasteiger partial charge is 0.306 e. The molecule has 6 atom stereocenters. The van der Waals surface area contributed by atoms with Gasteiger partial charge < -0.3 is 9.47 Å². The van der Waals surface area contributed by atoms with Gasteiger partial charge >= 0.3 is 11.9 Å². The van der Waals surface area contributed by atoms with Gasteiger partial charge in [0.05, 0.1) is 0 Å². The average Bonchev–Trinajstić information content (AvgIpc) is 3.38. The van der Waals surface area contributed by atoms with E-state index >= 15 is 0 Å². The van der Waals surface area contributed by atoms with Crippen LogP contribution in [0.2, 0.25) is 0 Å². The number of unbranched alkanes of at least 4 members (excludes halogenated alkanes) is 14. The van der Waals surface area contributed by atoms with Crippen molar-refractivity contribution < 1.29 is 28.7 Å². The molecule has 4 aliphatic rings. The molecule has 0 unspecified atom stereocenters. The normalized spacial score (nSPS) is 30.6. The molecule has 0 aromatic rings. The zero-order valence-electron chi connectivity index (χ0n) is 31.9. The van der Waals surface area contributed by atoms with Crippen molar-refractivity contribution in [3.05, 3.63) is 11.6 Å². The van der Waals surface area contributed by atoms with Crippen molar-refractivity contribution in [3.63, 3.8) is 0 Å². The molecule has 6 heteroatoms. The van der Waals surface area contributed by atoms with E-state index in [1.807, 2.05) is 13.0 Å². The Labute approximate surface area is 298 Å². The van der Waals surface area contributed by atoms with E-state index in [2.05, 4.69) is 20.8 Å². The predicted molar refractivity (Wildman–Crippen MR) is 196 cm³/mol. The highest BCUT2D eigenvalue weighted by molar-refractivity contribution is 5.93. The van der Waals surface area contributed by atoms with Crippen molar-refractivity contribution >= 4 is 23.5 Å². The van der Waals surface area contributed by atoms with E-state index in [-0.39, 0.29) is 47.9 Å². The molecule has 0 aromatic heterocycles. The lowest BCUT2D eigenvalue weighted by Crippen LogP contribution is -2.60. The summed E-state index contributed by atoms with van der Waals surface area (Å²) in [7, 11) is 0. The number of ketones is 2. The molecule has 0 aliphatic heterocycles. The van der Waals surface area contributed by atoms with E-state index < -0.39 is 11.0 Å². The molecule has 0 spiro atoms. The highest BCUT2D eigenvalue weighted by atomic mass is 16.6. The summed E-state index contributed by atoms with van der Waals surface area (Å²) in [6, 6.07) is 0. The molecule has 0 amide bonds. The second kappa shape index (κ2) is 19.0. The maximum absolute atomic E-state index is 14.2. The molecular formula is C43H70O6. The van der Waals surface area contributed by atoms with Crippen molar-refractivity contribution in [3.8, 4) is 0 Å². The Bertz CT molecular complexity index is 1140. The summed E-state index contributed by atoms with van der Waals surface area (Å²) in [5, 5.41) is 0. The Balaban J connectivity index is 1.22. The fourth-order valence-corrected chi connectivity index (χ4v) is 10.7. The van der Waals surface area contributed by atoms with E-state index in [0.717, 1.165) is 57.8 Å². The zero-order valence-corrected chi connectivity index (χ0v) is 31.9. The third-order valence-corrected chi connectivity index (χ3v) is 13.6. The van der Waals surface area contributed by atoms with Crippen LogP contribution in [0.4, 0.5) is 0 Å². The van der Waals surface area contributed by atoms with Gasteiger partial charge in [-0.05, 0) is 87.0 Å². The van der Waals surface area contributed by atoms with Crippen LogP contribution in [0.15, 0.2) is 11.6 Å². The Morgan fingerprint density at radius 2 is 1.27 bits per heavy atom. The summed E-state index contributed by atoms with van der Waals surface area (Å²) in [5.74, 6) is 0.537. The topological polar surface area (TPSA) is 86.7 Å². The average molecular weight is 683 g/mol. The fraction of sp³-hybridized carbons (Fsp3) is 0.860. The van der Waals surface area contributed by atoms with Crippen molar-refractivity contribution in [1.82, 2.24) is 0 Å². The van der Waals surface area contributed by atoms with Gasteiger partial charge in [0.15, 0.2) is 18.0 Å². The van der Waals surface area contributed by atoms with Crippen LogP contribution in [0.5, 0.6) is 0 Å². The highest BCUT2D eigenvalue weighted by Gasteiger charge is 2.68. The summed E-state index contributed by atoms with van der Waals surface area (Å²) in [6.07, 6.45) is 28.8. The van der Waals surface area contributed by atoms with Gasteiger partial charge in [-0.3, -0.25) is 19.2 Å². The Morgan fingerprint density at radius 1 is 0.673 bits per heavy atom. The summed E-state index contributed by atoms with van der Waals surface area (Å²) in [5.41, 5.74) is -0.375. The van der Waals surface area contributed by atoms with Gasteiger partial charge in [0, 0.05) is 24.7 Å². The first kappa shape index (κ1) is 39.8. The van der Waals surface area contributed by atoms with Crippen LogP contribution < -0.4 is 0 Å². The largest absolute Gasteiger partial charge is 0.457 e. The second-order valence-electron chi connectivity index (χ2n) is 16.8.